The Hall–Kier alpha value is -4.42. The van der Waals surface area contributed by atoms with Crippen LogP contribution in [0.25, 0.3) is 6.08 Å². The highest BCUT2D eigenvalue weighted by Crippen LogP contribution is 2.40. The first-order chi connectivity index (χ1) is 17.7. The summed E-state index contributed by atoms with van der Waals surface area (Å²) in [6, 6.07) is 14.5. The lowest BCUT2D eigenvalue weighted by Gasteiger charge is -2.13. The van der Waals surface area contributed by atoms with Gasteiger partial charge in [-0.2, -0.15) is 0 Å². The van der Waals surface area contributed by atoms with Gasteiger partial charge in [-0.25, -0.2) is 0 Å². The number of ether oxygens (including phenoxy) is 2. The summed E-state index contributed by atoms with van der Waals surface area (Å²) in [6.07, 6.45) is 1.51. The fraction of sp³-hybridized carbons (Fsp3) is 0.0833. The van der Waals surface area contributed by atoms with Crippen LogP contribution in [-0.2, 0) is 11.3 Å². The van der Waals surface area contributed by atoms with E-state index in [-0.39, 0.29) is 28.7 Å². The molecule has 0 spiro atoms. The fourth-order valence-corrected chi connectivity index (χ4v) is 4.44. The molecule has 1 heterocycles. The van der Waals surface area contributed by atoms with Gasteiger partial charge in [0.15, 0.2) is 11.5 Å². The second-order valence-corrected chi connectivity index (χ2v) is 8.94. The molecular formula is C24H16ClN3O8S. The number of nitrogens with zero attached hydrogens (tertiary/aromatic N) is 3. The fourth-order valence-electron chi connectivity index (χ4n) is 3.41. The summed E-state index contributed by atoms with van der Waals surface area (Å²) in [5.41, 5.74) is 0.0965. The van der Waals surface area contributed by atoms with Crippen molar-refractivity contribution in [3.63, 3.8) is 0 Å². The Bertz CT molecular complexity index is 1480. The Labute approximate surface area is 218 Å². The minimum Gasteiger partial charge on any atom is -0.493 e. The molecule has 0 N–H and O–H groups in total. The standard InChI is InChI=1S/C24H16ClN3O8S/c1-35-21-10-14(6-8-20(21)36-19-9-7-16(27(31)32)12-18(19)28(33)34)11-22-23(29)26(24(30)37-22)13-15-4-2-3-5-17(15)25/h2-12H,13H2,1H3/b22-11-. The molecule has 0 aromatic heterocycles. The second-order valence-electron chi connectivity index (χ2n) is 7.54. The molecular weight excluding hydrogens is 526 g/mol. The van der Waals surface area contributed by atoms with Crippen LogP contribution in [0.15, 0.2) is 65.6 Å². The number of non-ortho nitro benzene ring substituents is 1. The first kappa shape index (κ1) is 25.7. The van der Waals surface area contributed by atoms with Crippen LogP contribution in [-0.4, -0.2) is 33.0 Å². The molecule has 0 unspecified atom stereocenters. The third kappa shape index (κ3) is 5.55. The SMILES string of the molecule is COc1cc(/C=C2\SC(=O)N(Cc3ccccc3Cl)C2=O)ccc1Oc1ccc([N+](=O)[O-])cc1[N+](=O)[O-]. The van der Waals surface area contributed by atoms with Gasteiger partial charge in [0.05, 0.1) is 34.5 Å². The molecule has 0 aliphatic carbocycles. The zero-order valence-corrected chi connectivity index (χ0v) is 20.5. The number of carbonyl (C=O) groups excluding carboxylic acids is 2. The third-order valence-corrected chi connectivity index (χ3v) is 6.49. The highest BCUT2D eigenvalue weighted by Gasteiger charge is 2.35. The monoisotopic (exact) mass is 541 g/mol. The van der Waals surface area contributed by atoms with Gasteiger partial charge >= 0.3 is 5.69 Å². The highest BCUT2D eigenvalue weighted by molar-refractivity contribution is 8.18. The Morgan fingerprint density at radius 3 is 2.38 bits per heavy atom. The van der Waals surface area contributed by atoms with Gasteiger partial charge in [0.2, 0.25) is 5.75 Å². The van der Waals surface area contributed by atoms with Gasteiger partial charge < -0.3 is 9.47 Å². The maximum atomic E-state index is 12.9. The second kappa shape index (κ2) is 10.7. The van der Waals surface area contributed by atoms with Crippen molar-refractivity contribution in [2.24, 2.45) is 0 Å². The van der Waals surface area contributed by atoms with E-state index in [1.165, 1.54) is 25.3 Å². The molecule has 37 heavy (non-hydrogen) atoms. The summed E-state index contributed by atoms with van der Waals surface area (Å²) < 4.78 is 11.0. The van der Waals surface area contributed by atoms with Crippen LogP contribution in [0, 0.1) is 20.2 Å². The summed E-state index contributed by atoms with van der Waals surface area (Å²) in [5.74, 6) is -0.418. The molecule has 1 aliphatic rings. The molecule has 3 aromatic carbocycles. The summed E-state index contributed by atoms with van der Waals surface area (Å²) >= 11 is 6.94. The van der Waals surface area contributed by atoms with Crippen LogP contribution in [0.1, 0.15) is 11.1 Å². The molecule has 11 nitrogen and oxygen atoms in total. The number of nitro groups is 2. The lowest BCUT2D eigenvalue weighted by molar-refractivity contribution is -0.394. The first-order valence-electron chi connectivity index (χ1n) is 10.5. The number of methoxy groups -OCH3 is 1. The molecule has 0 atom stereocenters. The van der Waals surface area contributed by atoms with E-state index < -0.39 is 32.4 Å². The quantitative estimate of drug-likeness (QED) is 0.185. The van der Waals surface area contributed by atoms with Crippen molar-refractivity contribution in [3.8, 4) is 17.2 Å². The lowest BCUT2D eigenvalue weighted by Crippen LogP contribution is -2.27. The summed E-state index contributed by atoms with van der Waals surface area (Å²) in [5, 5.41) is 22.4. The van der Waals surface area contributed by atoms with Crippen LogP contribution in [0.5, 0.6) is 17.2 Å². The third-order valence-electron chi connectivity index (χ3n) is 5.22. The minimum atomic E-state index is -0.790. The number of imide groups is 1. The topological polar surface area (TPSA) is 142 Å². The maximum Gasteiger partial charge on any atom is 0.318 e. The maximum absolute atomic E-state index is 12.9. The van der Waals surface area contributed by atoms with Crippen molar-refractivity contribution >= 4 is 52.0 Å². The summed E-state index contributed by atoms with van der Waals surface area (Å²) in [7, 11) is 1.35. The number of carbonyl (C=O) groups is 2. The number of nitro benzene ring substituents is 2. The number of benzene rings is 3. The molecule has 1 saturated heterocycles. The first-order valence-corrected chi connectivity index (χ1v) is 11.6. The number of halogens is 1. The number of rotatable bonds is 8. The van der Waals surface area contributed by atoms with E-state index in [1.54, 1.807) is 30.3 Å². The number of hydrogen-bond donors (Lipinski definition) is 0. The predicted octanol–water partition coefficient (Wildman–Crippen LogP) is 6.19. The number of amides is 2. The molecule has 0 saturated carbocycles. The molecule has 4 rings (SSSR count). The van der Waals surface area contributed by atoms with Crippen LogP contribution in [0.2, 0.25) is 5.02 Å². The van der Waals surface area contributed by atoms with Crippen LogP contribution in [0.3, 0.4) is 0 Å². The van der Waals surface area contributed by atoms with Gasteiger partial charge in [0, 0.05) is 11.1 Å². The molecule has 188 valence electrons. The molecule has 0 bridgehead atoms. The van der Waals surface area contributed by atoms with Crippen molar-refractivity contribution in [1.82, 2.24) is 4.90 Å². The van der Waals surface area contributed by atoms with E-state index in [2.05, 4.69) is 0 Å². The summed E-state index contributed by atoms with van der Waals surface area (Å²) in [6.45, 7) is 0.0335. The van der Waals surface area contributed by atoms with E-state index in [0.29, 0.717) is 16.1 Å². The van der Waals surface area contributed by atoms with Crippen molar-refractivity contribution in [2.45, 2.75) is 6.54 Å². The zero-order valence-electron chi connectivity index (χ0n) is 19.0. The Morgan fingerprint density at radius 1 is 0.973 bits per heavy atom. The van der Waals surface area contributed by atoms with Gasteiger partial charge in [-0.3, -0.25) is 34.7 Å². The number of thioether (sulfide) groups is 1. The smallest absolute Gasteiger partial charge is 0.318 e. The van der Waals surface area contributed by atoms with Crippen LogP contribution in [0.4, 0.5) is 16.2 Å². The normalized spacial score (nSPS) is 14.2. The predicted molar refractivity (Wildman–Crippen MR) is 136 cm³/mol. The number of hydrogen-bond acceptors (Lipinski definition) is 9. The molecule has 0 radical (unpaired) electrons. The minimum absolute atomic E-state index is 0.0335. The van der Waals surface area contributed by atoms with E-state index >= 15 is 0 Å². The molecule has 3 aromatic rings. The van der Waals surface area contributed by atoms with E-state index in [4.69, 9.17) is 21.1 Å². The Morgan fingerprint density at radius 2 is 1.70 bits per heavy atom. The zero-order chi connectivity index (χ0) is 26.7. The molecule has 1 aliphatic heterocycles. The van der Waals surface area contributed by atoms with E-state index in [1.807, 2.05) is 0 Å². The highest BCUT2D eigenvalue weighted by atomic mass is 35.5. The van der Waals surface area contributed by atoms with Crippen molar-refractivity contribution in [1.29, 1.82) is 0 Å². The van der Waals surface area contributed by atoms with E-state index in [9.17, 15) is 29.8 Å². The van der Waals surface area contributed by atoms with Crippen LogP contribution < -0.4 is 9.47 Å². The van der Waals surface area contributed by atoms with Gasteiger partial charge in [-0.05, 0) is 53.2 Å². The van der Waals surface area contributed by atoms with Gasteiger partial charge in [0.25, 0.3) is 16.8 Å². The molecule has 1 fully saturated rings. The van der Waals surface area contributed by atoms with Crippen molar-refractivity contribution < 1.29 is 28.9 Å². The molecule has 2 amide bonds. The van der Waals surface area contributed by atoms with Gasteiger partial charge in [-0.15, -0.1) is 0 Å². The largest absolute Gasteiger partial charge is 0.493 e. The van der Waals surface area contributed by atoms with Crippen molar-refractivity contribution in [3.05, 3.63) is 102 Å². The lowest BCUT2D eigenvalue weighted by atomic mass is 10.1. The average Bonchev–Trinajstić information content (AvgIpc) is 3.13. The Kier molecular flexibility index (Phi) is 7.41. The average molecular weight is 542 g/mol. The van der Waals surface area contributed by atoms with Crippen LogP contribution >= 0.6 is 23.4 Å². The van der Waals surface area contributed by atoms with Gasteiger partial charge in [0.1, 0.15) is 0 Å². The summed E-state index contributed by atoms with van der Waals surface area (Å²) in [4.78, 5) is 47.5. The van der Waals surface area contributed by atoms with E-state index in [0.717, 1.165) is 34.9 Å². The Balaban J connectivity index is 1.58. The molecule has 13 heteroatoms. The van der Waals surface area contributed by atoms with Gasteiger partial charge in [-0.1, -0.05) is 35.9 Å². The van der Waals surface area contributed by atoms with Crippen molar-refractivity contribution in [2.75, 3.05) is 7.11 Å².